The van der Waals surface area contributed by atoms with Crippen molar-refractivity contribution in [1.29, 1.82) is 0 Å². The van der Waals surface area contributed by atoms with Crippen LogP contribution in [0.3, 0.4) is 0 Å². The SMILES string of the molecule is O=c1[nH]c(=O)n(Cc2ccccc2)c2nc(-c3cccc([N+](=O)[O-])c3)n(CCC3=CCCCC3)c12. The van der Waals surface area contributed by atoms with Gasteiger partial charge in [0.15, 0.2) is 11.2 Å². The van der Waals surface area contributed by atoms with Crippen molar-refractivity contribution in [3.63, 3.8) is 0 Å². The fourth-order valence-electron chi connectivity index (χ4n) is 4.67. The molecule has 0 saturated heterocycles. The number of aryl methyl sites for hydroxylation is 1. The minimum atomic E-state index is -0.545. The van der Waals surface area contributed by atoms with Gasteiger partial charge in [-0.05, 0) is 37.7 Å². The molecule has 5 rings (SSSR count). The number of allylic oxidation sites excluding steroid dienone is 2. The molecule has 0 fully saturated rings. The molecule has 0 amide bonds. The lowest BCUT2D eigenvalue weighted by Crippen LogP contribution is -2.31. The minimum absolute atomic E-state index is 0.0633. The lowest BCUT2D eigenvalue weighted by molar-refractivity contribution is -0.384. The van der Waals surface area contributed by atoms with Crippen LogP contribution in [0.1, 0.15) is 37.7 Å². The molecule has 1 N–H and O–H groups in total. The number of aromatic nitrogens is 4. The Bertz CT molecular complexity index is 1550. The molecular formula is C26H25N5O4. The number of hydrogen-bond donors (Lipinski definition) is 1. The number of H-pyrrole nitrogens is 1. The van der Waals surface area contributed by atoms with E-state index in [0.717, 1.165) is 31.2 Å². The summed E-state index contributed by atoms with van der Waals surface area (Å²) in [6.45, 7) is 0.719. The number of nitro groups is 1. The third kappa shape index (κ3) is 4.57. The molecule has 4 aromatic rings. The molecule has 0 atom stereocenters. The highest BCUT2D eigenvalue weighted by molar-refractivity contribution is 5.77. The van der Waals surface area contributed by atoms with Crippen LogP contribution >= 0.6 is 0 Å². The predicted molar refractivity (Wildman–Crippen MR) is 133 cm³/mol. The van der Waals surface area contributed by atoms with Crippen molar-refractivity contribution in [2.45, 2.75) is 45.2 Å². The molecule has 9 heteroatoms. The normalized spacial score (nSPS) is 13.7. The summed E-state index contributed by atoms with van der Waals surface area (Å²) in [5, 5.41) is 11.4. The second-order valence-electron chi connectivity index (χ2n) is 8.76. The first-order chi connectivity index (χ1) is 17.0. The third-order valence-electron chi connectivity index (χ3n) is 6.43. The average molecular weight is 472 g/mol. The third-order valence-corrected chi connectivity index (χ3v) is 6.43. The number of nitrogens with one attached hydrogen (secondary N) is 1. The molecule has 178 valence electrons. The van der Waals surface area contributed by atoms with E-state index in [1.165, 1.54) is 28.7 Å². The van der Waals surface area contributed by atoms with Crippen molar-refractivity contribution in [2.24, 2.45) is 0 Å². The molecule has 2 aromatic carbocycles. The molecular weight excluding hydrogens is 446 g/mol. The Morgan fingerprint density at radius 1 is 1.03 bits per heavy atom. The summed E-state index contributed by atoms with van der Waals surface area (Å²) in [4.78, 5) is 44.0. The van der Waals surface area contributed by atoms with E-state index in [1.54, 1.807) is 16.7 Å². The van der Waals surface area contributed by atoms with E-state index in [9.17, 15) is 19.7 Å². The van der Waals surface area contributed by atoms with E-state index in [-0.39, 0.29) is 17.9 Å². The molecule has 2 heterocycles. The maximum atomic E-state index is 13.0. The van der Waals surface area contributed by atoms with Crippen LogP contribution < -0.4 is 11.2 Å². The Kier molecular flexibility index (Phi) is 6.13. The second-order valence-corrected chi connectivity index (χ2v) is 8.76. The van der Waals surface area contributed by atoms with Crippen LogP contribution in [0.25, 0.3) is 22.6 Å². The van der Waals surface area contributed by atoms with Gasteiger partial charge in [0.05, 0.1) is 11.5 Å². The first-order valence-electron chi connectivity index (χ1n) is 11.7. The predicted octanol–water partition coefficient (Wildman–Crippen LogP) is 4.40. The number of non-ortho nitro benzene ring substituents is 1. The molecule has 1 aliphatic rings. The van der Waals surface area contributed by atoms with E-state index < -0.39 is 16.2 Å². The van der Waals surface area contributed by atoms with Gasteiger partial charge in [0.25, 0.3) is 11.2 Å². The van der Waals surface area contributed by atoms with Crippen LogP contribution in [0, 0.1) is 10.1 Å². The number of rotatable bonds is 7. The Morgan fingerprint density at radius 3 is 2.60 bits per heavy atom. The monoisotopic (exact) mass is 471 g/mol. The Balaban J connectivity index is 1.70. The van der Waals surface area contributed by atoms with Gasteiger partial charge in [-0.1, -0.05) is 54.1 Å². The summed E-state index contributed by atoms with van der Waals surface area (Å²) in [6.07, 6.45) is 7.39. The quantitative estimate of drug-likeness (QED) is 0.244. The molecule has 35 heavy (non-hydrogen) atoms. The number of nitro benzene ring substituents is 1. The highest BCUT2D eigenvalue weighted by atomic mass is 16.6. The molecule has 2 aromatic heterocycles. The fourth-order valence-corrected chi connectivity index (χ4v) is 4.67. The Morgan fingerprint density at radius 2 is 1.86 bits per heavy atom. The topological polar surface area (TPSA) is 116 Å². The van der Waals surface area contributed by atoms with Gasteiger partial charge >= 0.3 is 5.69 Å². The van der Waals surface area contributed by atoms with E-state index in [2.05, 4.69) is 11.1 Å². The molecule has 0 radical (unpaired) electrons. The van der Waals surface area contributed by atoms with Crippen molar-refractivity contribution >= 4 is 16.9 Å². The van der Waals surface area contributed by atoms with Crippen molar-refractivity contribution in [3.05, 3.63) is 103 Å². The summed E-state index contributed by atoms with van der Waals surface area (Å²) in [7, 11) is 0. The summed E-state index contributed by atoms with van der Waals surface area (Å²) < 4.78 is 3.24. The van der Waals surface area contributed by atoms with E-state index in [4.69, 9.17) is 4.98 Å². The van der Waals surface area contributed by atoms with Crippen LogP contribution in [-0.4, -0.2) is 24.0 Å². The van der Waals surface area contributed by atoms with Crippen LogP contribution in [-0.2, 0) is 13.1 Å². The molecule has 0 spiro atoms. The zero-order chi connectivity index (χ0) is 24.4. The molecule has 9 nitrogen and oxygen atoms in total. The zero-order valence-corrected chi connectivity index (χ0v) is 19.1. The largest absolute Gasteiger partial charge is 0.330 e. The lowest BCUT2D eigenvalue weighted by Gasteiger charge is -2.14. The van der Waals surface area contributed by atoms with Gasteiger partial charge in [0, 0.05) is 24.2 Å². The maximum absolute atomic E-state index is 13.0. The summed E-state index contributed by atoms with van der Waals surface area (Å²) in [6, 6.07) is 15.7. The van der Waals surface area contributed by atoms with Crippen LogP contribution in [0.5, 0.6) is 0 Å². The first-order valence-corrected chi connectivity index (χ1v) is 11.7. The fraction of sp³-hybridized carbons (Fsp3) is 0.269. The van der Waals surface area contributed by atoms with Gasteiger partial charge < -0.3 is 4.57 Å². The van der Waals surface area contributed by atoms with Crippen LogP contribution in [0.4, 0.5) is 5.69 Å². The Labute approximate surface area is 200 Å². The van der Waals surface area contributed by atoms with Gasteiger partial charge in [0.2, 0.25) is 0 Å². The van der Waals surface area contributed by atoms with Gasteiger partial charge in [-0.15, -0.1) is 0 Å². The highest BCUT2D eigenvalue weighted by Crippen LogP contribution is 2.28. The van der Waals surface area contributed by atoms with Crippen molar-refractivity contribution in [1.82, 2.24) is 19.1 Å². The van der Waals surface area contributed by atoms with Crippen molar-refractivity contribution in [3.8, 4) is 11.4 Å². The van der Waals surface area contributed by atoms with E-state index >= 15 is 0 Å². The van der Waals surface area contributed by atoms with Gasteiger partial charge in [0.1, 0.15) is 5.82 Å². The molecule has 0 unspecified atom stereocenters. The van der Waals surface area contributed by atoms with Gasteiger partial charge in [-0.2, -0.15) is 0 Å². The van der Waals surface area contributed by atoms with Crippen LogP contribution in [0.15, 0.2) is 75.8 Å². The molecule has 0 aliphatic heterocycles. The average Bonchev–Trinajstić information content (AvgIpc) is 3.26. The molecule has 0 bridgehead atoms. The smallest absolute Gasteiger partial charge is 0.318 e. The molecule has 0 saturated carbocycles. The van der Waals surface area contributed by atoms with Crippen molar-refractivity contribution in [2.75, 3.05) is 0 Å². The molecule has 1 aliphatic carbocycles. The number of nitrogens with zero attached hydrogens (tertiary/aromatic N) is 4. The summed E-state index contributed by atoms with van der Waals surface area (Å²) >= 11 is 0. The standard InChI is InChI=1S/C26H25N5O4/c32-25-22-24(30(26(33)28-25)17-19-10-5-2-6-11-19)27-23(20-12-7-13-21(16-20)31(34)35)29(22)15-14-18-8-3-1-4-9-18/h2,5-8,10-13,16H,1,3-4,9,14-15,17H2,(H,28,32,33). The zero-order valence-electron chi connectivity index (χ0n) is 19.1. The van der Waals surface area contributed by atoms with E-state index in [1.807, 2.05) is 30.3 Å². The number of imidazole rings is 1. The number of aromatic amines is 1. The van der Waals surface area contributed by atoms with Gasteiger partial charge in [-0.3, -0.25) is 24.5 Å². The summed E-state index contributed by atoms with van der Waals surface area (Å²) in [5.74, 6) is 0.429. The Hall–Kier alpha value is -4.27. The summed E-state index contributed by atoms with van der Waals surface area (Å²) in [5.41, 5.74) is 2.17. The van der Waals surface area contributed by atoms with E-state index in [0.29, 0.717) is 23.4 Å². The van der Waals surface area contributed by atoms with Crippen molar-refractivity contribution < 1.29 is 4.92 Å². The number of hydrogen-bond acceptors (Lipinski definition) is 5. The van der Waals surface area contributed by atoms with Gasteiger partial charge in [-0.25, -0.2) is 9.78 Å². The second kappa shape index (κ2) is 9.54. The number of fused-ring (bicyclic) bond motifs is 1. The maximum Gasteiger partial charge on any atom is 0.330 e. The minimum Gasteiger partial charge on any atom is -0.318 e. The number of benzene rings is 2. The lowest BCUT2D eigenvalue weighted by atomic mass is 9.97. The van der Waals surface area contributed by atoms with Crippen LogP contribution in [0.2, 0.25) is 0 Å². The highest BCUT2D eigenvalue weighted by Gasteiger charge is 2.21. The first kappa shape index (κ1) is 22.5.